The molecular formula is C36H28F6N2. The molecule has 0 spiro atoms. The molecule has 7 rings (SSSR count). The Morgan fingerprint density at radius 3 is 1.05 bits per heavy atom. The van der Waals surface area contributed by atoms with Crippen LogP contribution in [0, 0.1) is 0 Å². The lowest BCUT2D eigenvalue weighted by atomic mass is 9.81. The van der Waals surface area contributed by atoms with Crippen LogP contribution in [0.3, 0.4) is 0 Å². The van der Waals surface area contributed by atoms with Crippen molar-refractivity contribution in [3.63, 3.8) is 0 Å². The predicted molar refractivity (Wildman–Crippen MR) is 166 cm³/mol. The molecule has 0 aliphatic heterocycles. The standard InChI is InChI=1S/C36H28F6N2/c1-33(2,3)19-13-23-21-11-17(35(37,38)39)7-9-27(21)44-32-26-16-20(34(4,5)6)14-24-22-12-18(36(40,41)42)8-10-28(22)43-31(30(24)26)25(15-19)29(23)32/h7-16H,1-6H3. The maximum Gasteiger partial charge on any atom is 0.416 e. The molecule has 5 aromatic carbocycles. The van der Waals surface area contributed by atoms with Crippen LogP contribution in [0.2, 0.25) is 0 Å². The number of rotatable bonds is 0. The molecule has 0 fully saturated rings. The first-order chi connectivity index (χ1) is 20.3. The summed E-state index contributed by atoms with van der Waals surface area (Å²) in [6.45, 7) is 12.2. The summed E-state index contributed by atoms with van der Waals surface area (Å²) in [7, 11) is 0. The summed E-state index contributed by atoms with van der Waals surface area (Å²) in [5.74, 6) is 0. The van der Waals surface area contributed by atoms with Gasteiger partial charge in [-0.3, -0.25) is 0 Å². The van der Waals surface area contributed by atoms with Crippen LogP contribution in [-0.2, 0) is 23.2 Å². The van der Waals surface area contributed by atoms with Gasteiger partial charge in [-0.25, -0.2) is 9.97 Å². The third-order valence-electron chi connectivity index (χ3n) is 8.69. The van der Waals surface area contributed by atoms with Crippen molar-refractivity contribution in [2.75, 3.05) is 0 Å². The van der Waals surface area contributed by atoms with E-state index in [1.54, 1.807) is 0 Å². The topological polar surface area (TPSA) is 25.8 Å². The van der Waals surface area contributed by atoms with Gasteiger partial charge in [0.2, 0.25) is 0 Å². The second-order valence-electron chi connectivity index (χ2n) is 13.8. The van der Waals surface area contributed by atoms with E-state index in [2.05, 4.69) is 0 Å². The second-order valence-corrected chi connectivity index (χ2v) is 13.8. The number of hydrogen-bond donors (Lipinski definition) is 0. The molecule has 0 aliphatic rings. The van der Waals surface area contributed by atoms with Crippen LogP contribution in [0.5, 0.6) is 0 Å². The van der Waals surface area contributed by atoms with Crippen molar-refractivity contribution in [3.05, 3.63) is 82.9 Å². The van der Waals surface area contributed by atoms with Gasteiger partial charge in [-0.15, -0.1) is 0 Å². The number of benzene rings is 5. The highest BCUT2D eigenvalue weighted by Crippen LogP contribution is 2.47. The van der Waals surface area contributed by atoms with E-state index in [1.807, 2.05) is 65.8 Å². The van der Waals surface area contributed by atoms with Gasteiger partial charge in [0.25, 0.3) is 0 Å². The molecule has 2 heterocycles. The predicted octanol–water partition coefficient (Wildman–Crippen LogP) is 11.5. The Balaban J connectivity index is 1.80. The van der Waals surface area contributed by atoms with Crippen molar-refractivity contribution in [2.24, 2.45) is 0 Å². The van der Waals surface area contributed by atoms with Crippen LogP contribution in [0.15, 0.2) is 60.7 Å². The summed E-state index contributed by atoms with van der Waals surface area (Å²) in [6, 6.07) is 15.1. The van der Waals surface area contributed by atoms with Gasteiger partial charge >= 0.3 is 12.4 Å². The lowest BCUT2D eigenvalue weighted by Crippen LogP contribution is -2.12. The monoisotopic (exact) mass is 602 g/mol. The molecule has 0 radical (unpaired) electrons. The molecule has 0 N–H and O–H groups in total. The van der Waals surface area contributed by atoms with Crippen LogP contribution >= 0.6 is 0 Å². The van der Waals surface area contributed by atoms with E-state index >= 15 is 0 Å². The lowest BCUT2D eigenvalue weighted by molar-refractivity contribution is -0.138. The van der Waals surface area contributed by atoms with E-state index in [0.717, 1.165) is 35.4 Å². The summed E-state index contributed by atoms with van der Waals surface area (Å²) >= 11 is 0. The van der Waals surface area contributed by atoms with E-state index in [0.29, 0.717) is 65.2 Å². The maximum atomic E-state index is 13.9. The quantitative estimate of drug-likeness (QED) is 0.0980. The fraction of sp³-hybridized carbons (Fsp3) is 0.278. The summed E-state index contributed by atoms with van der Waals surface area (Å²) in [6.07, 6.45) is -9.06. The number of fused-ring (bicyclic) bond motifs is 6. The Morgan fingerprint density at radius 1 is 0.409 bits per heavy atom. The van der Waals surface area contributed by atoms with Crippen LogP contribution in [0.1, 0.15) is 63.8 Å². The smallest absolute Gasteiger partial charge is 0.247 e. The van der Waals surface area contributed by atoms with Gasteiger partial charge in [-0.2, -0.15) is 26.3 Å². The molecule has 224 valence electrons. The number of halogens is 6. The zero-order valence-corrected chi connectivity index (χ0v) is 24.9. The van der Waals surface area contributed by atoms with Crippen LogP contribution < -0.4 is 0 Å². The molecule has 0 atom stereocenters. The van der Waals surface area contributed by atoms with E-state index in [4.69, 9.17) is 9.97 Å². The second kappa shape index (κ2) is 8.71. The van der Waals surface area contributed by atoms with Gasteiger partial charge in [0, 0.05) is 32.3 Å². The zero-order chi connectivity index (χ0) is 31.7. The molecule has 0 bridgehead atoms. The molecular weight excluding hydrogens is 574 g/mol. The van der Waals surface area contributed by atoms with E-state index in [1.165, 1.54) is 12.1 Å². The molecule has 44 heavy (non-hydrogen) atoms. The molecule has 8 heteroatoms. The highest BCUT2D eigenvalue weighted by atomic mass is 19.4. The largest absolute Gasteiger partial charge is 0.416 e. The Hall–Kier alpha value is -4.20. The first-order valence-corrected chi connectivity index (χ1v) is 14.3. The van der Waals surface area contributed by atoms with Crippen molar-refractivity contribution in [3.8, 4) is 0 Å². The number of alkyl halides is 6. The Labute approximate surface area is 249 Å². The van der Waals surface area contributed by atoms with Gasteiger partial charge in [0.15, 0.2) is 0 Å². The SMILES string of the molecule is CC(C)(C)c1cc2c3cc(C(F)(F)F)ccc3nc3c4cc(C(C)(C)C)cc5c6cc(C(F)(F)F)ccc6nc(c(c1)c23)c54. The highest BCUT2D eigenvalue weighted by Gasteiger charge is 2.33. The molecule has 0 amide bonds. The third kappa shape index (κ3) is 4.25. The van der Waals surface area contributed by atoms with E-state index in [-0.39, 0.29) is 10.8 Å². The minimum atomic E-state index is -4.53. The number of hydrogen-bond acceptors (Lipinski definition) is 2. The van der Waals surface area contributed by atoms with Crippen LogP contribution in [-0.4, -0.2) is 9.97 Å². The van der Waals surface area contributed by atoms with Crippen LogP contribution in [0.25, 0.3) is 65.2 Å². The fourth-order valence-electron chi connectivity index (χ4n) is 6.25. The Bertz CT molecular complexity index is 2150. The summed E-state index contributed by atoms with van der Waals surface area (Å²) < 4.78 is 83.3. The van der Waals surface area contributed by atoms with Gasteiger partial charge in [-0.05, 0) is 93.4 Å². The normalized spacial score (nSPS) is 13.9. The van der Waals surface area contributed by atoms with Gasteiger partial charge in [0.05, 0.1) is 33.2 Å². The molecule has 0 saturated heterocycles. The average molecular weight is 603 g/mol. The minimum Gasteiger partial charge on any atom is -0.247 e. The van der Waals surface area contributed by atoms with Crippen molar-refractivity contribution in [1.82, 2.24) is 9.97 Å². The Morgan fingerprint density at radius 2 is 0.727 bits per heavy atom. The molecule has 0 unspecified atom stereocenters. The number of nitrogens with zero attached hydrogens (tertiary/aromatic N) is 2. The van der Waals surface area contributed by atoms with Crippen LogP contribution in [0.4, 0.5) is 26.3 Å². The van der Waals surface area contributed by atoms with Gasteiger partial charge < -0.3 is 0 Å². The lowest BCUT2D eigenvalue weighted by Gasteiger charge is -2.25. The van der Waals surface area contributed by atoms with E-state index < -0.39 is 23.5 Å². The Kier molecular flexibility index (Phi) is 5.65. The van der Waals surface area contributed by atoms with Gasteiger partial charge in [-0.1, -0.05) is 41.5 Å². The van der Waals surface area contributed by atoms with Crippen molar-refractivity contribution >= 4 is 65.2 Å². The summed E-state index contributed by atoms with van der Waals surface area (Å²) in [4.78, 5) is 9.92. The third-order valence-corrected chi connectivity index (χ3v) is 8.69. The molecule has 0 aliphatic carbocycles. The molecule has 2 nitrogen and oxygen atoms in total. The number of aromatic nitrogens is 2. The van der Waals surface area contributed by atoms with E-state index in [9.17, 15) is 26.3 Å². The van der Waals surface area contributed by atoms with Gasteiger partial charge in [0.1, 0.15) is 0 Å². The molecule has 0 saturated carbocycles. The fourth-order valence-corrected chi connectivity index (χ4v) is 6.25. The summed E-state index contributed by atoms with van der Waals surface area (Å²) in [5.41, 5.74) is 1.52. The van der Waals surface area contributed by atoms with Crippen molar-refractivity contribution in [2.45, 2.75) is 64.7 Å². The first-order valence-electron chi connectivity index (χ1n) is 14.3. The van der Waals surface area contributed by atoms with Crippen molar-refractivity contribution in [1.29, 1.82) is 0 Å². The molecule has 7 aromatic rings. The minimum absolute atomic E-state index is 0.365. The average Bonchev–Trinajstić information content (AvgIpc) is 2.92. The highest BCUT2D eigenvalue weighted by molar-refractivity contribution is 6.36. The molecule has 2 aromatic heterocycles. The maximum absolute atomic E-state index is 13.9. The zero-order valence-electron chi connectivity index (χ0n) is 24.9. The van der Waals surface area contributed by atoms with Crippen molar-refractivity contribution < 1.29 is 26.3 Å². The summed E-state index contributed by atoms with van der Waals surface area (Å²) in [5, 5.41) is 4.81. The first kappa shape index (κ1) is 28.6. The number of pyridine rings is 2.